The van der Waals surface area contributed by atoms with E-state index >= 15 is 0 Å². The van der Waals surface area contributed by atoms with Crippen molar-refractivity contribution >= 4 is 11.4 Å². The molecule has 0 atom stereocenters. The van der Waals surface area contributed by atoms with Crippen LogP contribution in [0.1, 0.15) is 32.6 Å². The first-order valence-electron chi connectivity index (χ1n) is 8.07. The van der Waals surface area contributed by atoms with Crippen LogP contribution in [0.2, 0.25) is 0 Å². The maximum Gasteiger partial charge on any atom is 0.0600 e. The summed E-state index contributed by atoms with van der Waals surface area (Å²) in [7, 11) is 0. The smallest absolute Gasteiger partial charge is 0.0600 e. The van der Waals surface area contributed by atoms with Crippen LogP contribution in [0.25, 0.3) is 0 Å². The molecule has 0 aromatic heterocycles. The molecule has 0 radical (unpaired) electrons. The largest absolute Gasteiger partial charge is 0.397 e. The molecule has 2 fully saturated rings. The van der Waals surface area contributed by atoms with Gasteiger partial charge >= 0.3 is 0 Å². The van der Waals surface area contributed by atoms with Crippen LogP contribution >= 0.6 is 0 Å². The molecule has 1 aliphatic carbocycles. The second-order valence-corrected chi connectivity index (χ2v) is 6.50. The number of piperazine rings is 1. The van der Waals surface area contributed by atoms with E-state index in [1.807, 2.05) is 12.1 Å². The number of nitrogen functional groups attached to an aromatic ring is 1. The fourth-order valence-corrected chi connectivity index (χ4v) is 3.71. The number of rotatable bonds is 2. The lowest BCUT2D eigenvalue weighted by Gasteiger charge is -2.42. The van der Waals surface area contributed by atoms with E-state index in [2.05, 4.69) is 28.9 Å². The Balaban J connectivity index is 1.56. The minimum absolute atomic E-state index is 0.835. The van der Waals surface area contributed by atoms with Crippen LogP contribution in [-0.4, -0.2) is 37.1 Å². The van der Waals surface area contributed by atoms with Crippen LogP contribution < -0.4 is 10.6 Å². The first-order valence-corrected chi connectivity index (χ1v) is 8.07. The summed E-state index contributed by atoms with van der Waals surface area (Å²) in [6.07, 6.45) is 5.62. The van der Waals surface area contributed by atoms with Crippen LogP contribution in [0, 0.1) is 5.92 Å². The van der Waals surface area contributed by atoms with Crippen LogP contribution in [0.4, 0.5) is 11.4 Å². The van der Waals surface area contributed by atoms with Crippen molar-refractivity contribution in [3.63, 3.8) is 0 Å². The molecule has 1 aromatic carbocycles. The van der Waals surface area contributed by atoms with E-state index in [-0.39, 0.29) is 0 Å². The van der Waals surface area contributed by atoms with Gasteiger partial charge in [0.15, 0.2) is 0 Å². The molecule has 2 aliphatic rings. The van der Waals surface area contributed by atoms with Crippen molar-refractivity contribution in [3.8, 4) is 0 Å². The third-order valence-corrected chi connectivity index (χ3v) is 5.09. The highest BCUT2D eigenvalue weighted by molar-refractivity contribution is 5.67. The number of anilines is 2. The van der Waals surface area contributed by atoms with Gasteiger partial charge in [0.05, 0.1) is 11.4 Å². The molecule has 0 amide bonds. The number of nitrogens with zero attached hydrogens (tertiary/aromatic N) is 2. The lowest BCUT2D eigenvalue weighted by Crippen LogP contribution is -2.51. The molecule has 3 heteroatoms. The average Bonchev–Trinajstić information content (AvgIpc) is 2.49. The fraction of sp³-hybridized carbons (Fsp3) is 0.647. The number of para-hydroxylation sites is 2. The summed E-state index contributed by atoms with van der Waals surface area (Å²) >= 11 is 0. The van der Waals surface area contributed by atoms with Crippen molar-refractivity contribution in [3.05, 3.63) is 24.3 Å². The molecular weight excluding hydrogens is 246 g/mol. The third-order valence-electron chi connectivity index (χ3n) is 5.09. The summed E-state index contributed by atoms with van der Waals surface area (Å²) in [6.45, 7) is 6.99. The van der Waals surface area contributed by atoms with Gasteiger partial charge in [0.25, 0.3) is 0 Å². The van der Waals surface area contributed by atoms with Crippen molar-refractivity contribution in [2.24, 2.45) is 5.92 Å². The Morgan fingerprint density at radius 1 is 0.950 bits per heavy atom. The lowest BCUT2D eigenvalue weighted by atomic mass is 9.86. The van der Waals surface area contributed by atoms with Crippen LogP contribution in [-0.2, 0) is 0 Å². The van der Waals surface area contributed by atoms with Gasteiger partial charge in [-0.15, -0.1) is 0 Å². The maximum absolute atomic E-state index is 6.09. The summed E-state index contributed by atoms with van der Waals surface area (Å²) in [5.74, 6) is 0.941. The Hall–Kier alpha value is -1.22. The molecule has 1 aromatic rings. The van der Waals surface area contributed by atoms with Crippen LogP contribution in [0.5, 0.6) is 0 Å². The minimum Gasteiger partial charge on any atom is -0.397 e. The molecule has 3 nitrogen and oxygen atoms in total. The van der Waals surface area contributed by atoms with E-state index in [9.17, 15) is 0 Å². The van der Waals surface area contributed by atoms with Gasteiger partial charge in [-0.25, -0.2) is 0 Å². The quantitative estimate of drug-likeness (QED) is 0.841. The van der Waals surface area contributed by atoms with E-state index in [0.29, 0.717) is 0 Å². The van der Waals surface area contributed by atoms with Crippen molar-refractivity contribution in [1.29, 1.82) is 0 Å². The zero-order chi connectivity index (χ0) is 13.9. The number of nitrogens with two attached hydrogens (primary N) is 1. The second-order valence-electron chi connectivity index (χ2n) is 6.50. The summed E-state index contributed by atoms with van der Waals surface area (Å²) < 4.78 is 0. The highest BCUT2D eigenvalue weighted by Crippen LogP contribution is 2.29. The Morgan fingerprint density at radius 2 is 1.60 bits per heavy atom. The fourth-order valence-electron chi connectivity index (χ4n) is 3.71. The molecule has 1 heterocycles. The maximum atomic E-state index is 6.09. The SMILES string of the molecule is CC1CCC(N2CCN(c3ccccc3N)CC2)CC1. The van der Waals surface area contributed by atoms with Gasteiger partial charge in [-0.05, 0) is 43.7 Å². The first-order chi connectivity index (χ1) is 9.74. The van der Waals surface area contributed by atoms with Gasteiger partial charge in [-0.3, -0.25) is 4.90 Å². The summed E-state index contributed by atoms with van der Waals surface area (Å²) in [5.41, 5.74) is 8.21. The topological polar surface area (TPSA) is 32.5 Å². The summed E-state index contributed by atoms with van der Waals surface area (Å²) in [4.78, 5) is 5.15. The van der Waals surface area contributed by atoms with Gasteiger partial charge in [0.2, 0.25) is 0 Å². The Bertz CT molecular complexity index is 430. The van der Waals surface area contributed by atoms with E-state index in [4.69, 9.17) is 5.73 Å². The predicted molar refractivity (Wildman–Crippen MR) is 86.1 cm³/mol. The molecule has 0 spiro atoms. The molecule has 2 N–H and O–H groups in total. The minimum atomic E-state index is 0.835. The molecule has 110 valence electrons. The van der Waals surface area contributed by atoms with E-state index in [1.165, 1.54) is 44.5 Å². The van der Waals surface area contributed by atoms with E-state index in [1.54, 1.807) is 0 Å². The normalized spacial score (nSPS) is 28.6. The van der Waals surface area contributed by atoms with Crippen LogP contribution in [0.3, 0.4) is 0 Å². The molecule has 0 bridgehead atoms. The van der Waals surface area contributed by atoms with Gasteiger partial charge in [0.1, 0.15) is 0 Å². The zero-order valence-electron chi connectivity index (χ0n) is 12.6. The van der Waals surface area contributed by atoms with Crippen LogP contribution in [0.15, 0.2) is 24.3 Å². The Morgan fingerprint density at radius 3 is 2.25 bits per heavy atom. The van der Waals surface area contributed by atoms with Gasteiger partial charge in [-0.1, -0.05) is 19.1 Å². The van der Waals surface area contributed by atoms with E-state index < -0.39 is 0 Å². The zero-order valence-corrected chi connectivity index (χ0v) is 12.6. The molecule has 1 saturated heterocycles. The molecule has 1 saturated carbocycles. The molecular formula is C17H27N3. The third kappa shape index (κ3) is 2.93. The van der Waals surface area contributed by atoms with Gasteiger partial charge in [0, 0.05) is 32.2 Å². The highest BCUT2D eigenvalue weighted by atomic mass is 15.3. The molecule has 3 rings (SSSR count). The first kappa shape index (κ1) is 13.7. The Kier molecular flexibility index (Phi) is 4.16. The number of hydrogen-bond donors (Lipinski definition) is 1. The van der Waals surface area contributed by atoms with Crippen molar-refractivity contribution in [2.45, 2.75) is 38.6 Å². The summed E-state index contributed by atoms with van der Waals surface area (Å²) in [5, 5.41) is 0. The van der Waals surface area contributed by atoms with E-state index in [0.717, 1.165) is 30.7 Å². The van der Waals surface area contributed by atoms with Gasteiger partial charge < -0.3 is 10.6 Å². The van der Waals surface area contributed by atoms with Gasteiger partial charge in [-0.2, -0.15) is 0 Å². The van der Waals surface area contributed by atoms with Crippen molar-refractivity contribution in [1.82, 2.24) is 4.90 Å². The Labute approximate surface area is 122 Å². The van der Waals surface area contributed by atoms with Crippen molar-refractivity contribution < 1.29 is 0 Å². The van der Waals surface area contributed by atoms with Crippen molar-refractivity contribution in [2.75, 3.05) is 36.8 Å². The average molecular weight is 273 g/mol. The lowest BCUT2D eigenvalue weighted by molar-refractivity contribution is 0.133. The predicted octanol–water partition coefficient (Wildman–Crippen LogP) is 2.97. The second kappa shape index (κ2) is 6.04. The molecule has 0 unspecified atom stereocenters. The summed E-state index contributed by atoms with van der Waals surface area (Å²) in [6, 6.07) is 9.08. The number of hydrogen-bond acceptors (Lipinski definition) is 3. The standard InChI is InChI=1S/C17H27N3/c1-14-6-8-15(9-7-14)19-10-12-20(13-11-19)17-5-3-2-4-16(17)18/h2-5,14-15H,6-13,18H2,1H3. The monoisotopic (exact) mass is 273 g/mol. The molecule has 20 heavy (non-hydrogen) atoms. The highest BCUT2D eigenvalue weighted by Gasteiger charge is 2.27. The number of benzene rings is 1. The molecule has 1 aliphatic heterocycles.